The molecule has 0 aliphatic carbocycles. The SMILES string of the molecule is Cc1cc(Cl)ccc1NC(=O)CN1CC(C)CC(C(=O)O)C1. The molecule has 1 aliphatic rings. The van der Waals surface area contributed by atoms with Gasteiger partial charge in [0, 0.05) is 23.8 Å². The van der Waals surface area contributed by atoms with E-state index in [1.807, 2.05) is 18.7 Å². The summed E-state index contributed by atoms with van der Waals surface area (Å²) in [6.45, 7) is 5.27. The average molecular weight is 325 g/mol. The summed E-state index contributed by atoms with van der Waals surface area (Å²) >= 11 is 5.89. The lowest BCUT2D eigenvalue weighted by molar-refractivity contribution is -0.144. The molecule has 0 saturated carbocycles. The minimum atomic E-state index is -0.787. The average Bonchev–Trinajstić information content (AvgIpc) is 2.41. The van der Waals surface area contributed by atoms with Crippen LogP contribution in [0.25, 0.3) is 0 Å². The van der Waals surface area contributed by atoms with Crippen LogP contribution in [0.15, 0.2) is 18.2 Å². The van der Waals surface area contributed by atoms with E-state index in [9.17, 15) is 9.59 Å². The van der Waals surface area contributed by atoms with Gasteiger partial charge in [-0.15, -0.1) is 0 Å². The van der Waals surface area contributed by atoms with Gasteiger partial charge in [0.2, 0.25) is 5.91 Å². The Morgan fingerprint density at radius 3 is 2.77 bits per heavy atom. The van der Waals surface area contributed by atoms with Crippen molar-refractivity contribution in [2.24, 2.45) is 11.8 Å². The van der Waals surface area contributed by atoms with Crippen LogP contribution < -0.4 is 5.32 Å². The first-order chi connectivity index (χ1) is 10.3. The smallest absolute Gasteiger partial charge is 0.307 e. The van der Waals surface area contributed by atoms with Crippen LogP contribution in [0, 0.1) is 18.8 Å². The fourth-order valence-corrected chi connectivity index (χ4v) is 3.16. The van der Waals surface area contributed by atoms with Crippen molar-refractivity contribution in [3.05, 3.63) is 28.8 Å². The van der Waals surface area contributed by atoms with Crippen LogP contribution >= 0.6 is 11.6 Å². The van der Waals surface area contributed by atoms with Gasteiger partial charge >= 0.3 is 5.97 Å². The van der Waals surface area contributed by atoms with E-state index in [1.165, 1.54) is 0 Å². The van der Waals surface area contributed by atoms with Crippen LogP contribution in [0.5, 0.6) is 0 Å². The van der Waals surface area contributed by atoms with Crippen LogP contribution in [-0.4, -0.2) is 41.5 Å². The number of hydrogen-bond donors (Lipinski definition) is 2. The second kappa shape index (κ2) is 7.11. The predicted molar refractivity (Wildman–Crippen MR) is 86.2 cm³/mol. The Hall–Kier alpha value is -1.59. The van der Waals surface area contributed by atoms with Crippen LogP contribution in [-0.2, 0) is 9.59 Å². The van der Waals surface area contributed by atoms with Crippen molar-refractivity contribution in [3.63, 3.8) is 0 Å². The van der Waals surface area contributed by atoms with Crippen molar-refractivity contribution in [2.45, 2.75) is 20.3 Å². The van der Waals surface area contributed by atoms with E-state index in [2.05, 4.69) is 5.32 Å². The molecule has 6 heteroatoms. The van der Waals surface area contributed by atoms with E-state index >= 15 is 0 Å². The second-order valence-corrected chi connectivity index (χ2v) is 6.51. The molecule has 22 heavy (non-hydrogen) atoms. The molecule has 0 bridgehead atoms. The van der Waals surface area contributed by atoms with E-state index in [1.54, 1.807) is 18.2 Å². The first kappa shape index (κ1) is 16.8. The molecule has 1 aromatic rings. The molecular weight excluding hydrogens is 304 g/mol. The topological polar surface area (TPSA) is 69.6 Å². The Bertz CT molecular complexity index is 577. The molecule has 2 atom stereocenters. The third kappa shape index (κ3) is 4.45. The van der Waals surface area contributed by atoms with E-state index < -0.39 is 11.9 Å². The number of carboxylic acid groups (broad SMARTS) is 1. The number of rotatable bonds is 4. The first-order valence-corrected chi connectivity index (χ1v) is 7.74. The molecule has 1 amide bonds. The van der Waals surface area contributed by atoms with Gasteiger partial charge in [0.25, 0.3) is 0 Å². The highest BCUT2D eigenvalue weighted by molar-refractivity contribution is 6.30. The van der Waals surface area contributed by atoms with Crippen molar-refractivity contribution in [2.75, 3.05) is 25.0 Å². The zero-order valence-corrected chi connectivity index (χ0v) is 13.6. The van der Waals surface area contributed by atoms with E-state index in [4.69, 9.17) is 16.7 Å². The fourth-order valence-electron chi connectivity index (χ4n) is 2.93. The summed E-state index contributed by atoms with van der Waals surface area (Å²) in [6, 6.07) is 5.29. The predicted octanol–water partition coefficient (Wildman–Crippen LogP) is 2.63. The lowest BCUT2D eigenvalue weighted by Gasteiger charge is -2.34. The normalized spacial score (nSPS) is 22.3. The Kier molecular flexibility index (Phi) is 5.42. The van der Waals surface area contributed by atoms with Crippen molar-refractivity contribution < 1.29 is 14.7 Å². The monoisotopic (exact) mass is 324 g/mol. The molecule has 1 fully saturated rings. The number of hydrogen-bond acceptors (Lipinski definition) is 3. The van der Waals surface area contributed by atoms with Gasteiger partial charge in [-0.25, -0.2) is 0 Å². The number of amides is 1. The summed E-state index contributed by atoms with van der Waals surface area (Å²) in [6.07, 6.45) is 0.670. The van der Waals surface area contributed by atoms with Crippen LogP contribution in [0.2, 0.25) is 5.02 Å². The fraction of sp³-hybridized carbons (Fsp3) is 0.500. The van der Waals surface area contributed by atoms with Crippen molar-refractivity contribution in [1.82, 2.24) is 4.90 Å². The molecule has 0 radical (unpaired) electrons. The number of carbonyl (C=O) groups excluding carboxylic acids is 1. The molecule has 2 unspecified atom stereocenters. The molecule has 1 aliphatic heterocycles. The summed E-state index contributed by atoms with van der Waals surface area (Å²) in [5, 5.41) is 12.7. The molecule has 0 aromatic heterocycles. The highest BCUT2D eigenvalue weighted by Crippen LogP contribution is 2.22. The van der Waals surface area contributed by atoms with E-state index in [0.717, 1.165) is 17.8 Å². The van der Waals surface area contributed by atoms with Crippen LogP contribution in [0.4, 0.5) is 5.69 Å². The minimum absolute atomic E-state index is 0.135. The lowest BCUT2D eigenvalue weighted by Crippen LogP contribution is -2.45. The maximum Gasteiger partial charge on any atom is 0.307 e. The van der Waals surface area contributed by atoms with Gasteiger partial charge in [0.05, 0.1) is 12.5 Å². The number of likely N-dealkylation sites (tertiary alicyclic amines) is 1. The van der Waals surface area contributed by atoms with Gasteiger partial charge in [-0.2, -0.15) is 0 Å². The van der Waals surface area contributed by atoms with Crippen LogP contribution in [0.1, 0.15) is 18.9 Å². The number of piperidine rings is 1. The molecule has 5 nitrogen and oxygen atoms in total. The van der Waals surface area contributed by atoms with Crippen molar-refractivity contribution in [1.29, 1.82) is 0 Å². The summed E-state index contributed by atoms with van der Waals surface area (Å²) in [7, 11) is 0. The maximum atomic E-state index is 12.2. The zero-order valence-electron chi connectivity index (χ0n) is 12.8. The Labute approximate surface area is 135 Å². The zero-order chi connectivity index (χ0) is 16.3. The van der Waals surface area contributed by atoms with Gasteiger partial charge in [-0.1, -0.05) is 18.5 Å². The van der Waals surface area contributed by atoms with Gasteiger partial charge in [0.1, 0.15) is 0 Å². The summed E-state index contributed by atoms with van der Waals surface area (Å²) in [5.41, 5.74) is 1.63. The number of carboxylic acids is 1. The number of aryl methyl sites for hydroxylation is 1. The van der Waals surface area contributed by atoms with Gasteiger partial charge in [-0.3, -0.25) is 14.5 Å². The Morgan fingerprint density at radius 2 is 2.14 bits per heavy atom. The summed E-state index contributed by atoms with van der Waals surface area (Å²) < 4.78 is 0. The van der Waals surface area contributed by atoms with Crippen LogP contribution in [0.3, 0.4) is 0 Å². The van der Waals surface area contributed by atoms with E-state index in [-0.39, 0.29) is 18.4 Å². The number of carbonyl (C=O) groups is 2. The number of nitrogens with one attached hydrogen (secondary N) is 1. The number of nitrogens with zero attached hydrogens (tertiary/aromatic N) is 1. The Balaban J connectivity index is 1.95. The van der Waals surface area contributed by atoms with Crippen molar-refractivity contribution >= 4 is 29.2 Å². The molecular formula is C16H21ClN2O3. The molecule has 1 heterocycles. The molecule has 120 valence electrons. The largest absolute Gasteiger partial charge is 0.481 e. The number of benzene rings is 1. The third-order valence-electron chi connectivity index (χ3n) is 3.91. The maximum absolute atomic E-state index is 12.2. The van der Waals surface area contributed by atoms with E-state index in [0.29, 0.717) is 18.0 Å². The van der Waals surface area contributed by atoms with Gasteiger partial charge in [0.15, 0.2) is 0 Å². The minimum Gasteiger partial charge on any atom is -0.481 e. The standard InChI is InChI=1S/C16H21ClN2O3/c1-10-5-12(16(21)22)8-19(7-10)9-15(20)18-14-4-3-13(17)6-11(14)2/h3-4,6,10,12H,5,7-9H2,1-2H3,(H,18,20)(H,21,22). The third-order valence-corrected chi connectivity index (χ3v) is 4.15. The van der Waals surface area contributed by atoms with Crippen molar-refractivity contribution in [3.8, 4) is 0 Å². The Morgan fingerprint density at radius 1 is 1.41 bits per heavy atom. The number of anilines is 1. The molecule has 0 spiro atoms. The lowest BCUT2D eigenvalue weighted by atomic mass is 9.90. The molecule has 2 N–H and O–H groups in total. The van der Waals surface area contributed by atoms with Gasteiger partial charge < -0.3 is 10.4 Å². The van der Waals surface area contributed by atoms with Gasteiger partial charge in [-0.05, 0) is 43.0 Å². The highest BCUT2D eigenvalue weighted by atomic mass is 35.5. The number of halogens is 1. The molecule has 1 saturated heterocycles. The quantitative estimate of drug-likeness (QED) is 0.893. The molecule has 1 aromatic carbocycles. The molecule has 2 rings (SSSR count). The number of aliphatic carboxylic acids is 1. The highest BCUT2D eigenvalue weighted by Gasteiger charge is 2.30. The summed E-state index contributed by atoms with van der Waals surface area (Å²) in [4.78, 5) is 25.2. The second-order valence-electron chi connectivity index (χ2n) is 6.08. The summed E-state index contributed by atoms with van der Waals surface area (Å²) in [5.74, 6) is -1.04. The first-order valence-electron chi connectivity index (χ1n) is 7.36.